The molecule has 7 heteroatoms. The molecule has 2 N–H and O–H groups in total. The van der Waals surface area contributed by atoms with Crippen molar-refractivity contribution >= 4 is 5.91 Å². The fraction of sp³-hybridized carbons (Fsp3) is 0.500. The second kappa shape index (κ2) is 6.83. The Bertz CT molecular complexity index is 957. The third kappa shape index (κ3) is 2.86. The molecule has 0 radical (unpaired) electrons. The number of rotatable bonds is 6. The summed E-state index contributed by atoms with van der Waals surface area (Å²) in [5.74, 6) is -1.41. The monoisotopic (exact) mass is 400 g/mol. The topological polar surface area (TPSA) is 72.1 Å². The smallest absolute Gasteiger partial charge is 0.231 e. The van der Waals surface area contributed by atoms with Crippen LogP contribution in [0.4, 0.5) is 8.78 Å². The molecule has 1 saturated carbocycles. The maximum absolute atomic E-state index is 14.3. The summed E-state index contributed by atoms with van der Waals surface area (Å²) in [6.45, 7) is 7.99. The Labute approximate surface area is 169 Å². The molecular formula is C22H26F2N4O. The number of likely N-dealkylation sites (N-methyl/N-ethyl adjacent to an activating group) is 1. The van der Waals surface area contributed by atoms with E-state index < -0.39 is 11.6 Å². The summed E-state index contributed by atoms with van der Waals surface area (Å²) < 4.78 is 28.6. The van der Waals surface area contributed by atoms with Crippen LogP contribution in [0.5, 0.6) is 0 Å². The van der Waals surface area contributed by atoms with Crippen molar-refractivity contribution in [2.24, 2.45) is 11.1 Å². The van der Waals surface area contributed by atoms with Gasteiger partial charge >= 0.3 is 0 Å². The molecule has 0 aliphatic heterocycles. The molecule has 2 aromatic rings. The average molecular weight is 400 g/mol. The number of benzene rings is 1. The lowest BCUT2D eigenvalue weighted by Gasteiger charge is -2.41. The molecule has 154 valence electrons. The Kier molecular flexibility index (Phi) is 4.69. The van der Waals surface area contributed by atoms with Crippen molar-refractivity contribution in [1.82, 2.24) is 15.1 Å². The number of nitrogens with zero attached hydrogens (tertiary/aromatic N) is 3. The zero-order chi connectivity index (χ0) is 21.0. The van der Waals surface area contributed by atoms with E-state index in [1.807, 2.05) is 17.9 Å². The fourth-order valence-corrected chi connectivity index (χ4v) is 5.52. The fourth-order valence-electron chi connectivity index (χ4n) is 5.52. The van der Waals surface area contributed by atoms with Gasteiger partial charge < -0.3 is 5.73 Å². The van der Waals surface area contributed by atoms with Crippen LogP contribution in [-0.2, 0) is 10.2 Å². The van der Waals surface area contributed by atoms with Crippen LogP contribution in [0.15, 0.2) is 24.3 Å². The van der Waals surface area contributed by atoms with Gasteiger partial charge in [0.1, 0.15) is 11.6 Å². The first-order valence-corrected chi connectivity index (χ1v) is 10.0. The number of primary amides is 1. The third-order valence-corrected chi connectivity index (χ3v) is 7.16. The SMILES string of the molecule is CCN(CC(N)=O)C[C@@]12CC[C@@H](c3cc(-c4c(F)cccc4F)nnc31)C2(C)C. The second-order valence-corrected chi connectivity index (χ2v) is 8.79. The van der Waals surface area contributed by atoms with Gasteiger partial charge in [0, 0.05) is 12.0 Å². The lowest BCUT2D eigenvalue weighted by Crippen LogP contribution is -2.48. The summed E-state index contributed by atoms with van der Waals surface area (Å²) in [4.78, 5) is 13.5. The van der Waals surface area contributed by atoms with E-state index >= 15 is 0 Å². The van der Waals surface area contributed by atoms with Crippen molar-refractivity contribution in [3.8, 4) is 11.3 Å². The molecular weight excluding hydrogens is 374 g/mol. The number of amides is 1. The number of hydrogen-bond acceptors (Lipinski definition) is 4. The number of carbonyl (C=O) groups is 1. The number of hydrogen-bond donors (Lipinski definition) is 1. The first kappa shape index (κ1) is 19.9. The van der Waals surface area contributed by atoms with Crippen LogP contribution in [0.3, 0.4) is 0 Å². The summed E-state index contributed by atoms with van der Waals surface area (Å²) in [5, 5.41) is 8.73. The number of aromatic nitrogens is 2. The Morgan fingerprint density at radius 3 is 2.59 bits per heavy atom. The summed E-state index contributed by atoms with van der Waals surface area (Å²) in [6.07, 6.45) is 1.91. The van der Waals surface area contributed by atoms with E-state index in [-0.39, 0.29) is 40.5 Å². The van der Waals surface area contributed by atoms with E-state index in [0.29, 0.717) is 13.1 Å². The Balaban J connectivity index is 1.80. The second-order valence-electron chi connectivity index (χ2n) is 8.79. The van der Waals surface area contributed by atoms with Gasteiger partial charge in [0.15, 0.2) is 0 Å². The Morgan fingerprint density at radius 1 is 1.28 bits per heavy atom. The lowest BCUT2D eigenvalue weighted by molar-refractivity contribution is -0.119. The van der Waals surface area contributed by atoms with Gasteiger partial charge in [-0.05, 0) is 54.5 Å². The van der Waals surface area contributed by atoms with Crippen LogP contribution >= 0.6 is 0 Å². The number of fused-ring (bicyclic) bond motifs is 5. The molecule has 0 unspecified atom stereocenters. The Hall–Kier alpha value is -2.41. The molecule has 2 aliphatic carbocycles. The van der Waals surface area contributed by atoms with Crippen LogP contribution in [0.25, 0.3) is 11.3 Å². The van der Waals surface area contributed by atoms with E-state index in [1.54, 1.807) is 0 Å². The van der Waals surface area contributed by atoms with Crippen LogP contribution in [0.1, 0.15) is 50.8 Å². The van der Waals surface area contributed by atoms with Crippen molar-refractivity contribution in [2.45, 2.75) is 44.9 Å². The lowest BCUT2D eigenvalue weighted by atomic mass is 9.68. The first-order valence-electron chi connectivity index (χ1n) is 10.0. The van der Waals surface area contributed by atoms with E-state index in [4.69, 9.17) is 5.73 Å². The summed E-state index contributed by atoms with van der Waals surface area (Å²) in [5.41, 5.74) is 7.05. The highest BCUT2D eigenvalue weighted by atomic mass is 19.1. The Morgan fingerprint density at radius 2 is 1.97 bits per heavy atom. The minimum Gasteiger partial charge on any atom is -0.369 e. The maximum Gasteiger partial charge on any atom is 0.231 e. The van der Waals surface area contributed by atoms with Crippen molar-refractivity contribution in [2.75, 3.05) is 19.6 Å². The van der Waals surface area contributed by atoms with Gasteiger partial charge in [-0.3, -0.25) is 9.69 Å². The largest absolute Gasteiger partial charge is 0.369 e. The predicted octanol–water partition coefficient (Wildman–Crippen LogP) is 3.38. The van der Waals surface area contributed by atoms with Gasteiger partial charge in [-0.1, -0.05) is 26.8 Å². The van der Waals surface area contributed by atoms with Crippen LogP contribution in [0.2, 0.25) is 0 Å². The van der Waals surface area contributed by atoms with Gasteiger partial charge in [-0.2, -0.15) is 10.2 Å². The molecule has 2 aliphatic rings. The number of nitrogens with two attached hydrogens (primary N) is 1. The van der Waals surface area contributed by atoms with Crippen molar-refractivity contribution < 1.29 is 13.6 Å². The quantitative estimate of drug-likeness (QED) is 0.807. The highest BCUT2D eigenvalue weighted by molar-refractivity contribution is 5.76. The molecule has 1 aromatic carbocycles. The normalized spacial score (nSPS) is 24.1. The standard InChI is InChI=1S/C22H26F2N4O/c1-4-28(11-18(25)29)12-22-9-8-14(21(22,2)3)13-10-17(26-27-20(13)22)19-15(23)6-5-7-16(19)24/h5-7,10,14H,4,8-9,11-12H2,1-3H3,(H2,25,29)/t14-,22-/m0/s1. The molecule has 2 bridgehead atoms. The van der Waals surface area contributed by atoms with Gasteiger partial charge in [-0.25, -0.2) is 8.78 Å². The molecule has 29 heavy (non-hydrogen) atoms. The summed E-state index contributed by atoms with van der Waals surface area (Å²) in [6, 6.07) is 5.61. The van der Waals surface area contributed by atoms with Crippen molar-refractivity contribution in [3.63, 3.8) is 0 Å². The van der Waals surface area contributed by atoms with Gasteiger partial charge in [0.05, 0.1) is 23.5 Å². The van der Waals surface area contributed by atoms with E-state index in [1.165, 1.54) is 18.2 Å². The minimum atomic E-state index is -0.644. The molecule has 1 heterocycles. The highest BCUT2D eigenvalue weighted by Crippen LogP contribution is 2.67. The van der Waals surface area contributed by atoms with Crippen molar-refractivity contribution in [1.29, 1.82) is 0 Å². The van der Waals surface area contributed by atoms with Crippen LogP contribution < -0.4 is 5.73 Å². The first-order chi connectivity index (χ1) is 13.7. The molecule has 2 atom stereocenters. The molecule has 5 nitrogen and oxygen atoms in total. The molecule has 0 spiro atoms. The summed E-state index contributed by atoms with van der Waals surface area (Å²) >= 11 is 0. The van der Waals surface area contributed by atoms with E-state index in [9.17, 15) is 13.6 Å². The van der Waals surface area contributed by atoms with Gasteiger partial charge in [0.25, 0.3) is 0 Å². The number of halogens is 2. The zero-order valence-electron chi connectivity index (χ0n) is 17.0. The number of carbonyl (C=O) groups excluding carboxylic acids is 1. The van der Waals surface area contributed by atoms with Gasteiger partial charge in [0.2, 0.25) is 5.91 Å². The molecule has 1 aromatic heterocycles. The highest BCUT2D eigenvalue weighted by Gasteiger charge is 2.63. The van der Waals surface area contributed by atoms with Gasteiger partial charge in [-0.15, -0.1) is 0 Å². The zero-order valence-corrected chi connectivity index (χ0v) is 17.0. The molecule has 0 saturated heterocycles. The van der Waals surface area contributed by atoms with Crippen molar-refractivity contribution in [3.05, 3.63) is 47.2 Å². The van der Waals surface area contributed by atoms with E-state index in [0.717, 1.165) is 24.1 Å². The average Bonchev–Trinajstić information content (AvgIpc) is 3.01. The molecule has 1 amide bonds. The predicted molar refractivity (Wildman–Crippen MR) is 106 cm³/mol. The van der Waals surface area contributed by atoms with Crippen LogP contribution in [0, 0.1) is 17.0 Å². The molecule has 4 rings (SSSR count). The van der Waals surface area contributed by atoms with E-state index in [2.05, 4.69) is 24.0 Å². The molecule has 1 fully saturated rings. The minimum absolute atomic E-state index is 0.110. The summed E-state index contributed by atoms with van der Waals surface area (Å²) in [7, 11) is 0. The maximum atomic E-state index is 14.3. The third-order valence-electron chi connectivity index (χ3n) is 7.16. The van der Waals surface area contributed by atoms with Crippen LogP contribution in [-0.4, -0.2) is 40.6 Å².